The first-order valence-corrected chi connectivity index (χ1v) is 10.7. The number of hydrogen-bond acceptors (Lipinski definition) is 7. The Morgan fingerprint density at radius 2 is 1.70 bits per heavy atom. The van der Waals surface area contributed by atoms with Crippen molar-refractivity contribution in [2.75, 3.05) is 20.8 Å². The summed E-state index contributed by atoms with van der Waals surface area (Å²) in [6.45, 7) is 2.87. The fourth-order valence-corrected chi connectivity index (χ4v) is 3.55. The molecule has 9 heteroatoms. The number of nitrogens with two attached hydrogens (primary N) is 1. The normalized spacial score (nSPS) is 11.5. The molecule has 2 N–H and O–H groups in total. The average molecular weight is 459 g/mol. The second-order valence-corrected chi connectivity index (χ2v) is 7.47. The highest BCUT2D eigenvalue weighted by Gasteiger charge is 2.29. The van der Waals surface area contributed by atoms with Gasteiger partial charge in [0.1, 0.15) is 5.75 Å². The number of carbonyl (C=O) groups excluding carboxylic acids is 4. The van der Waals surface area contributed by atoms with Gasteiger partial charge in [0, 0.05) is 30.9 Å². The summed E-state index contributed by atoms with van der Waals surface area (Å²) in [6.07, 6.45) is 4.75. The Bertz CT molecular complexity index is 979. The Balaban J connectivity index is 2.30. The highest BCUT2D eigenvalue weighted by molar-refractivity contribution is 6.42. The molecule has 0 aliphatic rings. The number of aromatic nitrogens is 1. The Kier molecular flexibility index (Phi) is 9.65. The van der Waals surface area contributed by atoms with Gasteiger partial charge in [0.25, 0.3) is 11.7 Å². The van der Waals surface area contributed by atoms with Gasteiger partial charge in [0.15, 0.2) is 0 Å². The number of Topliss-reactive ketones (excluding diaryl/α,β-unsaturated/α-hetero) is 1. The monoisotopic (exact) mass is 458 g/mol. The van der Waals surface area contributed by atoms with E-state index in [-0.39, 0.29) is 18.0 Å². The van der Waals surface area contributed by atoms with Crippen LogP contribution in [0.3, 0.4) is 0 Å². The quantitative estimate of drug-likeness (QED) is 0.211. The minimum atomic E-state index is -1.11. The van der Waals surface area contributed by atoms with Gasteiger partial charge in [-0.15, -0.1) is 0 Å². The van der Waals surface area contributed by atoms with E-state index in [9.17, 15) is 19.2 Å². The van der Waals surface area contributed by atoms with Crippen molar-refractivity contribution in [1.82, 2.24) is 4.57 Å². The third kappa shape index (κ3) is 7.20. The van der Waals surface area contributed by atoms with E-state index in [0.717, 1.165) is 11.3 Å². The van der Waals surface area contributed by atoms with Crippen LogP contribution in [-0.4, -0.2) is 49.0 Å². The summed E-state index contributed by atoms with van der Waals surface area (Å²) in [5.74, 6) is -2.89. The van der Waals surface area contributed by atoms with Crippen molar-refractivity contribution in [3.8, 4) is 5.75 Å². The number of carbonyl (C=O) groups is 4. The Labute approximate surface area is 192 Å². The zero-order valence-electron chi connectivity index (χ0n) is 19.2. The molecule has 0 spiro atoms. The largest absolute Gasteiger partial charge is 0.494 e. The lowest BCUT2D eigenvalue weighted by Gasteiger charge is -2.15. The highest BCUT2D eigenvalue weighted by atomic mass is 16.5. The van der Waals surface area contributed by atoms with Gasteiger partial charge in [0.2, 0.25) is 0 Å². The van der Waals surface area contributed by atoms with E-state index in [1.54, 1.807) is 10.8 Å². The first kappa shape index (κ1) is 25.6. The highest BCUT2D eigenvalue weighted by Crippen LogP contribution is 2.29. The van der Waals surface area contributed by atoms with Crippen molar-refractivity contribution in [1.29, 1.82) is 0 Å². The van der Waals surface area contributed by atoms with Crippen LogP contribution in [0.2, 0.25) is 0 Å². The van der Waals surface area contributed by atoms with Gasteiger partial charge in [-0.3, -0.25) is 19.2 Å². The van der Waals surface area contributed by atoms with Gasteiger partial charge in [0.05, 0.1) is 26.7 Å². The lowest BCUT2D eigenvalue weighted by molar-refractivity contribution is -0.142. The molecular weight excluding hydrogens is 428 g/mol. The van der Waals surface area contributed by atoms with Crippen molar-refractivity contribution in [3.05, 3.63) is 53.3 Å². The fraction of sp³-hybridized carbons (Fsp3) is 0.417. The molecule has 1 atom stereocenters. The molecule has 1 aromatic heterocycles. The van der Waals surface area contributed by atoms with E-state index >= 15 is 0 Å². The van der Waals surface area contributed by atoms with E-state index < -0.39 is 23.6 Å². The Morgan fingerprint density at radius 1 is 1.00 bits per heavy atom. The standard InChI is InChI=1S/C24H30N2O7/c1-4-33-17-11-9-16(10-12-17)13-26-14-19(20(15-26)22(28)23(25)29)18(24(30)32-3)7-5-6-8-21(27)31-2/h9-12,14-15,18H,4-8,13H2,1-3H3,(H2,25,29). The maximum atomic E-state index is 12.5. The number of unbranched alkanes of at least 4 members (excludes halogenated alkanes) is 1. The van der Waals surface area contributed by atoms with Crippen LogP contribution in [0.15, 0.2) is 36.7 Å². The number of hydrogen-bond donors (Lipinski definition) is 1. The van der Waals surface area contributed by atoms with Crippen LogP contribution in [0.5, 0.6) is 5.75 Å². The predicted octanol–water partition coefficient (Wildman–Crippen LogP) is 2.59. The summed E-state index contributed by atoms with van der Waals surface area (Å²) in [4.78, 5) is 48.0. The zero-order chi connectivity index (χ0) is 24.4. The van der Waals surface area contributed by atoms with Gasteiger partial charge >= 0.3 is 11.9 Å². The molecule has 1 heterocycles. The van der Waals surface area contributed by atoms with Crippen LogP contribution in [0.25, 0.3) is 0 Å². The van der Waals surface area contributed by atoms with Crippen LogP contribution in [0, 0.1) is 0 Å². The number of benzene rings is 1. The van der Waals surface area contributed by atoms with Gasteiger partial charge in [-0.1, -0.05) is 18.6 Å². The van der Waals surface area contributed by atoms with Crippen molar-refractivity contribution in [3.63, 3.8) is 0 Å². The van der Waals surface area contributed by atoms with E-state index in [1.807, 2.05) is 31.2 Å². The summed E-state index contributed by atoms with van der Waals surface area (Å²) >= 11 is 0. The Morgan fingerprint density at radius 3 is 2.27 bits per heavy atom. The van der Waals surface area contributed by atoms with E-state index in [1.165, 1.54) is 20.4 Å². The van der Waals surface area contributed by atoms with Crippen LogP contribution in [0.4, 0.5) is 0 Å². The van der Waals surface area contributed by atoms with Gasteiger partial charge in [-0.25, -0.2) is 0 Å². The van der Waals surface area contributed by atoms with Gasteiger partial charge in [-0.2, -0.15) is 0 Å². The SMILES string of the molecule is CCOc1ccc(Cn2cc(C(=O)C(N)=O)c(C(CCCCC(=O)OC)C(=O)OC)c2)cc1. The number of ketones is 1. The molecule has 0 bridgehead atoms. The zero-order valence-corrected chi connectivity index (χ0v) is 19.2. The summed E-state index contributed by atoms with van der Waals surface area (Å²) in [5.41, 5.74) is 6.62. The molecule has 0 fully saturated rings. The molecular formula is C24H30N2O7. The average Bonchev–Trinajstić information content (AvgIpc) is 3.22. The Hall–Kier alpha value is -3.62. The first-order chi connectivity index (χ1) is 15.8. The fourth-order valence-electron chi connectivity index (χ4n) is 3.55. The molecule has 1 amide bonds. The number of nitrogens with zero attached hydrogens (tertiary/aromatic N) is 1. The number of rotatable bonds is 13. The van der Waals surface area contributed by atoms with Crippen molar-refractivity contribution >= 4 is 23.6 Å². The second kappa shape index (κ2) is 12.4. The van der Waals surface area contributed by atoms with E-state index in [4.69, 9.17) is 15.2 Å². The molecule has 2 rings (SSSR count). The molecule has 0 radical (unpaired) electrons. The number of ether oxygens (including phenoxy) is 3. The van der Waals surface area contributed by atoms with Gasteiger partial charge in [-0.05, 0) is 43.0 Å². The summed E-state index contributed by atoms with van der Waals surface area (Å²) in [5, 5.41) is 0. The molecule has 0 saturated carbocycles. The van der Waals surface area contributed by atoms with E-state index in [0.29, 0.717) is 38.0 Å². The third-order valence-electron chi connectivity index (χ3n) is 5.19. The minimum Gasteiger partial charge on any atom is -0.494 e. The molecule has 2 aromatic rings. The summed E-state index contributed by atoms with van der Waals surface area (Å²) < 4.78 is 16.7. The molecule has 9 nitrogen and oxygen atoms in total. The van der Waals surface area contributed by atoms with Crippen molar-refractivity contribution in [2.45, 2.75) is 45.1 Å². The number of primary amides is 1. The first-order valence-electron chi connectivity index (χ1n) is 10.7. The topological polar surface area (TPSA) is 127 Å². The van der Waals surface area contributed by atoms with Crippen LogP contribution >= 0.6 is 0 Å². The molecule has 0 saturated heterocycles. The number of methoxy groups -OCH3 is 2. The predicted molar refractivity (Wildman–Crippen MR) is 120 cm³/mol. The summed E-state index contributed by atoms with van der Waals surface area (Å²) in [7, 11) is 2.57. The maximum absolute atomic E-state index is 12.5. The van der Waals surface area contributed by atoms with Crippen molar-refractivity contribution < 1.29 is 33.4 Å². The van der Waals surface area contributed by atoms with Crippen LogP contribution < -0.4 is 10.5 Å². The maximum Gasteiger partial charge on any atom is 0.313 e. The lowest BCUT2D eigenvalue weighted by Crippen LogP contribution is -2.25. The summed E-state index contributed by atoms with van der Waals surface area (Å²) in [6, 6.07) is 7.48. The number of amides is 1. The third-order valence-corrected chi connectivity index (χ3v) is 5.19. The number of esters is 2. The van der Waals surface area contributed by atoms with Crippen LogP contribution in [-0.2, 0) is 30.4 Å². The smallest absolute Gasteiger partial charge is 0.313 e. The lowest BCUT2D eigenvalue weighted by atomic mass is 9.91. The molecule has 1 aromatic carbocycles. The van der Waals surface area contributed by atoms with Crippen molar-refractivity contribution in [2.24, 2.45) is 5.73 Å². The van der Waals surface area contributed by atoms with E-state index in [2.05, 4.69) is 4.74 Å². The molecule has 0 aliphatic heterocycles. The molecule has 33 heavy (non-hydrogen) atoms. The second-order valence-electron chi connectivity index (χ2n) is 7.47. The minimum absolute atomic E-state index is 0.0665. The van der Waals surface area contributed by atoms with Crippen LogP contribution in [0.1, 0.15) is 60.0 Å². The molecule has 178 valence electrons. The van der Waals surface area contributed by atoms with Gasteiger partial charge < -0.3 is 24.5 Å². The molecule has 0 aliphatic carbocycles. The molecule has 1 unspecified atom stereocenters.